The lowest BCUT2D eigenvalue weighted by Crippen LogP contribution is -2.42. The predicted molar refractivity (Wildman–Crippen MR) is 131 cm³/mol. The maximum atomic E-state index is 12.9. The Morgan fingerprint density at radius 1 is 0.914 bits per heavy atom. The lowest BCUT2D eigenvalue weighted by Gasteiger charge is -2.27. The molecule has 2 aromatic rings. The number of amides is 2. The average molecular weight is 477 g/mol. The number of carboxylic acids is 1. The topological polar surface area (TPSA) is 95.9 Å². The van der Waals surface area contributed by atoms with Crippen molar-refractivity contribution in [3.05, 3.63) is 59.7 Å². The Labute approximate surface area is 205 Å². The Balaban J connectivity index is 1.17. The van der Waals surface area contributed by atoms with Crippen LogP contribution in [0.5, 0.6) is 0 Å². The highest BCUT2D eigenvalue weighted by Gasteiger charge is 2.36. The summed E-state index contributed by atoms with van der Waals surface area (Å²) in [6.07, 6.45) is 4.12. The van der Waals surface area contributed by atoms with Crippen LogP contribution < -0.4 is 5.32 Å². The molecule has 0 spiro atoms. The summed E-state index contributed by atoms with van der Waals surface area (Å²) in [4.78, 5) is 38.6. The molecule has 3 atom stereocenters. The third-order valence-electron chi connectivity index (χ3n) is 7.85. The van der Waals surface area contributed by atoms with Crippen LogP contribution in [0.25, 0.3) is 11.1 Å². The van der Waals surface area contributed by atoms with Crippen molar-refractivity contribution in [1.29, 1.82) is 0 Å². The molecule has 1 saturated carbocycles. The van der Waals surface area contributed by atoms with Crippen molar-refractivity contribution in [2.75, 3.05) is 13.2 Å². The quantitative estimate of drug-likeness (QED) is 0.611. The van der Waals surface area contributed by atoms with Gasteiger partial charge in [0.05, 0.1) is 6.42 Å². The number of fused-ring (bicyclic) bond motifs is 3. The number of likely N-dealkylation sites (tertiary alicyclic amines) is 1. The fraction of sp³-hybridized carbons (Fsp3) is 0.464. The summed E-state index contributed by atoms with van der Waals surface area (Å²) in [5, 5.41) is 12.2. The number of hydrogen-bond donors (Lipinski definition) is 2. The van der Waals surface area contributed by atoms with E-state index in [9.17, 15) is 14.4 Å². The highest BCUT2D eigenvalue weighted by Crippen LogP contribution is 2.44. The van der Waals surface area contributed by atoms with Gasteiger partial charge in [-0.1, -0.05) is 55.0 Å². The number of aliphatic carboxylic acids is 1. The summed E-state index contributed by atoms with van der Waals surface area (Å²) in [5.74, 6) is -0.810. The van der Waals surface area contributed by atoms with Gasteiger partial charge in [-0.2, -0.15) is 0 Å². The lowest BCUT2D eigenvalue weighted by atomic mass is 9.98. The summed E-state index contributed by atoms with van der Waals surface area (Å²) in [7, 11) is 0. The minimum absolute atomic E-state index is 0.0000120. The molecule has 2 fully saturated rings. The Bertz CT molecular complexity index is 1070. The van der Waals surface area contributed by atoms with Crippen molar-refractivity contribution < 1.29 is 24.2 Å². The van der Waals surface area contributed by atoms with Crippen LogP contribution >= 0.6 is 0 Å². The van der Waals surface area contributed by atoms with E-state index in [0.717, 1.165) is 32.1 Å². The fourth-order valence-electron chi connectivity index (χ4n) is 6.18. The van der Waals surface area contributed by atoms with E-state index < -0.39 is 12.1 Å². The zero-order chi connectivity index (χ0) is 24.4. The standard InChI is InChI=1S/C28H32N2O5/c31-26(30-14-6-8-19(30)16-27(32)33)15-18-7-5-13-25(18)29-28(34)35-17-24-22-11-3-1-9-20(22)21-10-2-4-12-23(21)24/h1-4,9-12,18-19,24-25H,5-8,13-17H2,(H,29,34)(H,32,33)/t18-,19-,25+/m0/s1. The van der Waals surface area contributed by atoms with Gasteiger partial charge in [0, 0.05) is 31.0 Å². The van der Waals surface area contributed by atoms with E-state index in [1.807, 2.05) is 24.3 Å². The average Bonchev–Trinajstić information content (AvgIpc) is 3.56. The third kappa shape index (κ3) is 4.90. The number of hydrogen-bond acceptors (Lipinski definition) is 4. The molecule has 0 bridgehead atoms. The van der Waals surface area contributed by atoms with E-state index in [0.29, 0.717) is 13.0 Å². The number of carbonyl (C=O) groups excluding carboxylic acids is 2. The van der Waals surface area contributed by atoms with E-state index in [1.165, 1.54) is 22.3 Å². The van der Waals surface area contributed by atoms with E-state index >= 15 is 0 Å². The smallest absolute Gasteiger partial charge is 0.407 e. The Kier molecular flexibility index (Phi) is 6.75. The van der Waals surface area contributed by atoms with E-state index in [2.05, 4.69) is 29.6 Å². The SMILES string of the molecule is O=C(O)C[C@@H]1CCCN1C(=O)C[C@@H]1CCC[C@H]1NC(=O)OCC1c2ccccc2-c2ccccc21. The zero-order valence-corrected chi connectivity index (χ0v) is 19.8. The third-order valence-corrected chi connectivity index (χ3v) is 7.85. The van der Waals surface area contributed by atoms with Crippen molar-refractivity contribution in [1.82, 2.24) is 10.2 Å². The van der Waals surface area contributed by atoms with Crippen LogP contribution in [-0.4, -0.2) is 53.2 Å². The van der Waals surface area contributed by atoms with Gasteiger partial charge in [-0.3, -0.25) is 9.59 Å². The van der Waals surface area contributed by atoms with Crippen molar-refractivity contribution in [3.63, 3.8) is 0 Å². The van der Waals surface area contributed by atoms with Gasteiger partial charge in [-0.05, 0) is 53.9 Å². The molecule has 0 unspecified atom stereocenters. The van der Waals surface area contributed by atoms with Gasteiger partial charge < -0.3 is 20.1 Å². The monoisotopic (exact) mass is 476 g/mol. The normalized spacial score (nSPS) is 23.1. The number of carbonyl (C=O) groups is 3. The first kappa shape index (κ1) is 23.4. The van der Waals surface area contributed by atoms with Gasteiger partial charge in [0.1, 0.15) is 6.61 Å². The number of rotatable bonds is 7. The highest BCUT2D eigenvalue weighted by molar-refractivity contribution is 5.80. The van der Waals surface area contributed by atoms with E-state index in [1.54, 1.807) is 4.90 Å². The lowest BCUT2D eigenvalue weighted by molar-refractivity contribution is -0.140. The van der Waals surface area contributed by atoms with E-state index in [-0.39, 0.29) is 42.9 Å². The second kappa shape index (κ2) is 10.1. The predicted octanol–water partition coefficient (Wildman–Crippen LogP) is 4.55. The number of nitrogens with one attached hydrogen (secondary N) is 1. The zero-order valence-electron chi connectivity index (χ0n) is 19.8. The number of carboxylic acid groups (broad SMARTS) is 1. The summed E-state index contributed by atoms with van der Waals surface area (Å²) < 4.78 is 5.70. The van der Waals surface area contributed by atoms with E-state index in [4.69, 9.17) is 9.84 Å². The van der Waals surface area contributed by atoms with Crippen molar-refractivity contribution in [3.8, 4) is 11.1 Å². The molecule has 5 rings (SSSR count). The number of benzene rings is 2. The van der Waals surface area contributed by atoms with Crippen molar-refractivity contribution in [2.45, 2.75) is 62.9 Å². The molecule has 7 heteroatoms. The van der Waals surface area contributed by atoms with Crippen molar-refractivity contribution in [2.24, 2.45) is 5.92 Å². The van der Waals surface area contributed by atoms with Crippen LogP contribution in [0.15, 0.2) is 48.5 Å². The second-order valence-corrected chi connectivity index (χ2v) is 9.95. The molecule has 1 aliphatic heterocycles. The van der Waals surface area contributed by atoms with Gasteiger partial charge >= 0.3 is 12.1 Å². The van der Waals surface area contributed by atoms with Gasteiger partial charge in [0.25, 0.3) is 0 Å². The molecule has 1 heterocycles. The van der Waals surface area contributed by atoms with Gasteiger partial charge in [-0.15, -0.1) is 0 Å². The Morgan fingerprint density at radius 3 is 2.29 bits per heavy atom. The molecule has 2 amide bonds. The fourth-order valence-corrected chi connectivity index (χ4v) is 6.18. The summed E-state index contributed by atoms with van der Waals surface area (Å²) in [6.45, 7) is 0.884. The summed E-state index contributed by atoms with van der Waals surface area (Å²) in [6, 6.07) is 16.2. The molecule has 1 saturated heterocycles. The molecule has 35 heavy (non-hydrogen) atoms. The number of alkyl carbamates (subject to hydrolysis) is 1. The van der Waals surface area contributed by atoms with Gasteiger partial charge in [0.2, 0.25) is 5.91 Å². The maximum absolute atomic E-state index is 12.9. The van der Waals surface area contributed by atoms with Crippen LogP contribution in [-0.2, 0) is 14.3 Å². The van der Waals surface area contributed by atoms with Crippen LogP contribution in [0.4, 0.5) is 4.79 Å². The Morgan fingerprint density at radius 2 is 1.60 bits per heavy atom. The first-order chi connectivity index (χ1) is 17.0. The molecular formula is C28H32N2O5. The summed E-state index contributed by atoms with van der Waals surface area (Å²) in [5.41, 5.74) is 4.73. The maximum Gasteiger partial charge on any atom is 0.407 e. The molecule has 2 aliphatic carbocycles. The van der Waals surface area contributed by atoms with Crippen LogP contribution in [0.1, 0.15) is 62.0 Å². The van der Waals surface area contributed by atoms with Crippen molar-refractivity contribution >= 4 is 18.0 Å². The minimum Gasteiger partial charge on any atom is -0.481 e. The van der Waals surface area contributed by atoms with Crippen LogP contribution in [0, 0.1) is 5.92 Å². The van der Waals surface area contributed by atoms with Crippen LogP contribution in [0.3, 0.4) is 0 Å². The van der Waals surface area contributed by atoms with Gasteiger partial charge in [0.15, 0.2) is 0 Å². The Hall–Kier alpha value is -3.35. The highest BCUT2D eigenvalue weighted by atomic mass is 16.5. The largest absolute Gasteiger partial charge is 0.481 e. The second-order valence-electron chi connectivity index (χ2n) is 9.95. The first-order valence-electron chi connectivity index (χ1n) is 12.6. The number of ether oxygens (including phenoxy) is 1. The molecule has 184 valence electrons. The molecule has 2 N–H and O–H groups in total. The molecule has 7 nitrogen and oxygen atoms in total. The molecule has 2 aromatic carbocycles. The molecule has 3 aliphatic rings. The molecule has 0 radical (unpaired) electrons. The number of nitrogens with zero attached hydrogens (tertiary/aromatic N) is 1. The molecular weight excluding hydrogens is 444 g/mol. The first-order valence-corrected chi connectivity index (χ1v) is 12.6. The minimum atomic E-state index is -0.870. The van der Waals surface area contributed by atoms with Crippen LogP contribution in [0.2, 0.25) is 0 Å². The van der Waals surface area contributed by atoms with Gasteiger partial charge in [-0.25, -0.2) is 4.79 Å². The molecule has 0 aromatic heterocycles. The summed E-state index contributed by atoms with van der Waals surface area (Å²) >= 11 is 0.